The predicted octanol–water partition coefficient (Wildman–Crippen LogP) is 4.33. The van der Waals surface area contributed by atoms with Crippen molar-refractivity contribution in [1.82, 2.24) is 5.32 Å². The average Bonchev–Trinajstić information content (AvgIpc) is 2.37. The normalized spacial score (nSPS) is 14.3. The second-order valence-electron chi connectivity index (χ2n) is 5.48. The molecule has 5 heteroatoms. The summed E-state index contributed by atoms with van der Waals surface area (Å²) in [6.45, 7) is 9.74. The van der Waals surface area contributed by atoms with E-state index in [0.717, 1.165) is 16.5 Å². The zero-order chi connectivity index (χ0) is 15.3. The molecule has 4 nitrogen and oxygen atoms in total. The highest BCUT2D eigenvalue weighted by Gasteiger charge is 2.25. The summed E-state index contributed by atoms with van der Waals surface area (Å²) >= 11 is 2.21. The molecular formula is C15H23IN2O2. The molecule has 0 bridgehead atoms. The molecule has 112 valence electrons. The van der Waals surface area contributed by atoms with E-state index in [1.165, 1.54) is 5.56 Å². The summed E-state index contributed by atoms with van der Waals surface area (Å²) < 4.78 is 0.973. The van der Waals surface area contributed by atoms with E-state index in [1.807, 2.05) is 6.07 Å². The lowest BCUT2D eigenvalue weighted by atomic mass is 9.83. The van der Waals surface area contributed by atoms with Gasteiger partial charge in [0.05, 0.1) is 4.92 Å². The lowest BCUT2D eigenvalue weighted by Gasteiger charge is -2.29. The summed E-state index contributed by atoms with van der Waals surface area (Å²) in [5.41, 5.74) is 1.36. The van der Waals surface area contributed by atoms with Crippen molar-refractivity contribution in [3.05, 3.63) is 37.4 Å². The van der Waals surface area contributed by atoms with Gasteiger partial charge in [-0.3, -0.25) is 10.1 Å². The van der Waals surface area contributed by atoms with Gasteiger partial charge >= 0.3 is 0 Å². The van der Waals surface area contributed by atoms with Gasteiger partial charge in [-0.05, 0) is 54.0 Å². The molecule has 0 fully saturated rings. The molecule has 1 aromatic rings. The minimum atomic E-state index is -0.338. The van der Waals surface area contributed by atoms with Gasteiger partial charge < -0.3 is 5.32 Å². The highest BCUT2D eigenvalue weighted by molar-refractivity contribution is 14.1. The molecule has 1 rings (SSSR count). The van der Waals surface area contributed by atoms with E-state index in [9.17, 15) is 10.1 Å². The highest BCUT2D eigenvalue weighted by atomic mass is 127. The molecule has 1 aromatic carbocycles. The first-order chi connectivity index (χ1) is 9.38. The maximum atomic E-state index is 10.8. The minimum absolute atomic E-state index is 0.162. The molecular weight excluding hydrogens is 367 g/mol. The number of nitro benzene ring substituents is 1. The second-order valence-corrected chi connectivity index (χ2v) is 6.64. The van der Waals surface area contributed by atoms with Gasteiger partial charge in [-0.2, -0.15) is 0 Å². The third-order valence-corrected chi connectivity index (χ3v) is 4.46. The van der Waals surface area contributed by atoms with Gasteiger partial charge in [0.2, 0.25) is 0 Å². The van der Waals surface area contributed by atoms with Crippen LogP contribution in [0.25, 0.3) is 0 Å². The Morgan fingerprint density at radius 2 is 2.00 bits per heavy atom. The quantitative estimate of drug-likeness (QED) is 0.429. The number of non-ortho nitro benzene ring substituents is 1. The summed E-state index contributed by atoms with van der Waals surface area (Å²) in [6, 6.07) is 5.54. The molecule has 0 aliphatic rings. The van der Waals surface area contributed by atoms with Crippen LogP contribution in [0.15, 0.2) is 18.2 Å². The van der Waals surface area contributed by atoms with E-state index in [-0.39, 0.29) is 10.6 Å². The van der Waals surface area contributed by atoms with Crippen molar-refractivity contribution in [2.75, 3.05) is 6.54 Å². The number of hydrogen-bond acceptors (Lipinski definition) is 3. The zero-order valence-electron chi connectivity index (χ0n) is 12.5. The second kappa shape index (κ2) is 7.93. The minimum Gasteiger partial charge on any atom is -0.314 e. The summed E-state index contributed by atoms with van der Waals surface area (Å²) in [5, 5.41) is 14.4. The highest BCUT2D eigenvalue weighted by Crippen LogP contribution is 2.33. The number of benzene rings is 1. The largest absolute Gasteiger partial charge is 0.314 e. The van der Waals surface area contributed by atoms with Crippen molar-refractivity contribution in [2.24, 2.45) is 5.92 Å². The Labute approximate surface area is 134 Å². The van der Waals surface area contributed by atoms with E-state index in [4.69, 9.17) is 0 Å². The number of rotatable bonds is 7. The van der Waals surface area contributed by atoms with Gasteiger partial charge in [0, 0.05) is 27.7 Å². The smallest absolute Gasteiger partial charge is 0.270 e. The van der Waals surface area contributed by atoms with E-state index >= 15 is 0 Å². The van der Waals surface area contributed by atoms with Gasteiger partial charge in [-0.15, -0.1) is 0 Å². The van der Waals surface area contributed by atoms with Gasteiger partial charge in [-0.25, -0.2) is 0 Å². The molecule has 1 N–H and O–H groups in total. The molecule has 2 atom stereocenters. The van der Waals surface area contributed by atoms with Crippen molar-refractivity contribution in [2.45, 2.75) is 46.1 Å². The zero-order valence-corrected chi connectivity index (χ0v) is 14.7. The van der Waals surface area contributed by atoms with Crippen LogP contribution < -0.4 is 5.32 Å². The molecule has 0 spiro atoms. The van der Waals surface area contributed by atoms with E-state index in [0.29, 0.717) is 17.9 Å². The monoisotopic (exact) mass is 390 g/mol. The fourth-order valence-electron chi connectivity index (χ4n) is 2.60. The molecule has 0 aromatic heterocycles. The molecule has 0 radical (unpaired) electrons. The Morgan fingerprint density at radius 1 is 1.35 bits per heavy atom. The van der Waals surface area contributed by atoms with E-state index in [2.05, 4.69) is 55.6 Å². The third kappa shape index (κ3) is 4.41. The molecule has 0 saturated heterocycles. The molecule has 0 amide bonds. The SMILES string of the molecule is CCCNC(C)C(c1ccc([N+](=O)[O-])cc1I)C(C)C. The molecule has 0 heterocycles. The van der Waals surface area contributed by atoms with Crippen molar-refractivity contribution in [1.29, 1.82) is 0 Å². The van der Waals surface area contributed by atoms with Crippen molar-refractivity contribution in [3.8, 4) is 0 Å². The summed E-state index contributed by atoms with van der Waals surface area (Å²) in [4.78, 5) is 10.5. The van der Waals surface area contributed by atoms with Crippen molar-refractivity contribution < 1.29 is 4.92 Å². The van der Waals surface area contributed by atoms with Crippen LogP contribution in [0.2, 0.25) is 0 Å². The average molecular weight is 390 g/mol. The molecule has 0 aliphatic carbocycles. The number of nitro groups is 1. The Kier molecular flexibility index (Phi) is 6.88. The lowest BCUT2D eigenvalue weighted by Crippen LogP contribution is -2.35. The Morgan fingerprint density at radius 3 is 2.45 bits per heavy atom. The van der Waals surface area contributed by atoms with E-state index in [1.54, 1.807) is 12.1 Å². The first-order valence-electron chi connectivity index (χ1n) is 7.05. The fraction of sp³-hybridized carbons (Fsp3) is 0.600. The van der Waals surface area contributed by atoms with Crippen LogP contribution >= 0.6 is 22.6 Å². The van der Waals surface area contributed by atoms with Crippen LogP contribution in [0.4, 0.5) is 5.69 Å². The number of nitrogens with one attached hydrogen (secondary N) is 1. The van der Waals surface area contributed by atoms with Crippen molar-refractivity contribution in [3.63, 3.8) is 0 Å². The molecule has 2 unspecified atom stereocenters. The Bertz CT molecular complexity index is 463. The summed E-state index contributed by atoms with van der Waals surface area (Å²) in [5.74, 6) is 0.832. The predicted molar refractivity (Wildman–Crippen MR) is 91.1 cm³/mol. The van der Waals surface area contributed by atoms with Gasteiger partial charge in [0.25, 0.3) is 5.69 Å². The molecule has 20 heavy (non-hydrogen) atoms. The fourth-order valence-corrected chi connectivity index (χ4v) is 3.46. The van der Waals surface area contributed by atoms with Gasteiger partial charge in [-0.1, -0.05) is 26.8 Å². The Balaban J connectivity index is 3.06. The van der Waals surface area contributed by atoms with Crippen LogP contribution in [0.1, 0.15) is 45.6 Å². The van der Waals surface area contributed by atoms with Crippen LogP contribution in [-0.4, -0.2) is 17.5 Å². The maximum absolute atomic E-state index is 10.8. The first-order valence-corrected chi connectivity index (χ1v) is 8.13. The van der Waals surface area contributed by atoms with E-state index < -0.39 is 0 Å². The topological polar surface area (TPSA) is 55.2 Å². The number of halogens is 1. The Hall–Kier alpha value is -0.690. The lowest BCUT2D eigenvalue weighted by molar-refractivity contribution is -0.385. The maximum Gasteiger partial charge on any atom is 0.270 e. The van der Waals surface area contributed by atoms with Gasteiger partial charge in [0.15, 0.2) is 0 Å². The van der Waals surface area contributed by atoms with Crippen LogP contribution in [-0.2, 0) is 0 Å². The summed E-state index contributed by atoms with van der Waals surface area (Å²) in [6.07, 6.45) is 1.10. The van der Waals surface area contributed by atoms with Crippen LogP contribution in [0, 0.1) is 19.6 Å². The van der Waals surface area contributed by atoms with Crippen molar-refractivity contribution >= 4 is 28.3 Å². The van der Waals surface area contributed by atoms with Gasteiger partial charge in [0.1, 0.15) is 0 Å². The van der Waals surface area contributed by atoms with Crippen LogP contribution in [0.5, 0.6) is 0 Å². The third-order valence-electron chi connectivity index (χ3n) is 3.53. The number of nitrogens with zero attached hydrogens (tertiary/aromatic N) is 1. The first kappa shape index (κ1) is 17.4. The molecule has 0 aliphatic heterocycles. The summed E-state index contributed by atoms with van der Waals surface area (Å²) in [7, 11) is 0. The molecule has 0 saturated carbocycles. The standard InChI is InChI=1S/C15H23IN2O2/c1-5-8-17-11(4)15(10(2)3)13-7-6-12(18(19)20)9-14(13)16/h6-7,9-11,15,17H,5,8H2,1-4H3. The van der Waals surface area contributed by atoms with Crippen LogP contribution in [0.3, 0.4) is 0 Å². The number of hydrogen-bond donors (Lipinski definition) is 1.